The smallest absolute Gasteiger partial charge is 0.194 e. The number of furan rings is 1. The van der Waals surface area contributed by atoms with Gasteiger partial charge in [-0.1, -0.05) is 121 Å². The van der Waals surface area contributed by atoms with Crippen LogP contribution in [0.1, 0.15) is 0 Å². The van der Waals surface area contributed by atoms with E-state index in [4.69, 9.17) is 4.42 Å². The Morgan fingerprint density at radius 2 is 0.714 bits per heavy atom. The van der Waals surface area contributed by atoms with Crippen molar-refractivity contribution in [1.29, 1.82) is 0 Å². The van der Waals surface area contributed by atoms with Crippen molar-refractivity contribution in [3.05, 3.63) is 144 Å². The summed E-state index contributed by atoms with van der Waals surface area (Å²) in [5.74, 6) is 1.51. The van der Waals surface area contributed by atoms with Crippen LogP contribution in [-0.4, -0.2) is 0 Å². The van der Waals surface area contributed by atoms with Gasteiger partial charge in [-0.25, -0.2) is 0 Å². The number of hydrogen-bond acceptors (Lipinski definition) is 2. The van der Waals surface area contributed by atoms with E-state index in [0.717, 1.165) is 44.5 Å². The molecule has 0 radical (unpaired) electrons. The Morgan fingerprint density at radius 1 is 0.400 bits per heavy atom. The molecule has 166 valence electrons. The fourth-order valence-corrected chi connectivity index (χ4v) is 4.58. The molecular weight excluding hydrogens is 428 g/mol. The molecule has 0 aliphatic heterocycles. The standard InChI is InChI=1S/C33H22O2/c34-31-27(23-13-5-1-6-14-23)21-29-30(22-28(31)24-15-7-2-8-16-24)33(26-19-11-4-12-20-26)35-32(29)25-17-9-3-10-18-25/h1-22H. The normalized spacial score (nSPS) is 11.0. The number of rotatable bonds is 4. The maximum Gasteiger partial charge on any atom is 0.194 e. The minimum absolute atomic E-state index is 0.00313. The lowest BCUT2D eigenvalue weighted by Gasteiger charge is -2.02. The van der Waals surface area contributed by atoms with Crippen molar-refractivity contribution in [2.45, 2.75) is 0 Å². The van der Waals surface area contributed by atoms with Crippen molar-refractivity contribution in [3.8, 4) is 44.9 Å². The lowest BCUT2D eigenvalue weighted by Crippen LogP contribution is -2.04. The second-order valence-corrected chi connectivity index (χ2v) is 8.50. The van der Waals surface area contributed by atoms with Gasteiger partial charge in [0, 0.05) is 33.0 Å². The Bertz CT molecular complexity index is 1540. The van der Waals surface area contributed by atoms with E-state index in [1.54, 1.807) is 0 Å². The summed E-state index contributed by atoms with van der Waals surface area (Å²) in [6, 6.07) is 43.9. The first-order valence-corrected chi connectivity index (χ1v) is 11.7. The zero-order valence-corrected chi connectivity index (χ0v) is 19.0. The second-order valence-electron chi connectivity index (χ2n) is 8.50. The molecule has 0 amide bonds. The number of hydrogen-bond donors (Lipinski definition) is 0. The predicted octanol–water partition coefficient (Wildman–Crippen LogP) is 8.46. The van der Waals surface area contributed by atoms with Crippen LogP contribution in [0.25, 0.3) is 55.7 Å². The van der Waals surface area contributed by atoms with Crippen molar-refractivity contribution < 1.29 is 4.42 Å². The minimum atomic E-state index is -0.00313. The maximum absolute atomic E-state index is 14.0. The van der Waals surface area contributed by atoms with E-state index in [1.807, 2.05) is 133 Å². The average molecular weight is 451 g/mol. The zero-order valence-electron chi connectivity index (χ0n) is 19.0. The van der Waals surface area contributed by atoms with Crippen LogP contribution in [0.15, 0.2) is 143 Å². The van der Waals surface area contributed by atoms with Gasteiger partial charge in [-0.15, -0.1) is 0 Å². The monoisotopic (exact) mass is 450 g/mol. The second kappa shape index (κ2) is 8.92. The van der Waals surface area contributed by atoms with Crippen LogP contribution in [0.5, 0.6) is 0 Å². The molecule has 0 bridgehead atoms. The highest BCUT2D eigenvalue weighted by Crippen LogP contribution is 2.40. The first-order valence-electron chi connectivity index (χ1n) is 11.7. The van der Waals surface area contributed by atoms with E-state index in [-0.39, 0.29) is 5.43 Å². The molecule has 1 heterocycles. The summed E-state index contributed by atoms with van der Waals surface area (Å²) >= 11 is 0. The Labute approximate surface area is 203 Å². The summed E-state index contributed by atoms with van der Waals surface area (Å²) < 4.78 is 6.60. The molecule has 0 aliphatic carbocycles. The Morgan fingerprint density at radius 3 is 1.06 bits per heavy atom. The molecule has 6 aromatic rings. The molecule has 1 aromatic heterocycles. The summed E-state index contributed by atoms with van der Waals surface area (Å²) in [5, 5.41) is 1.82. The van der Waals surface area contributed by atoms with E-state index in [1.165, 1.54) is 0 Å². The molecular formula is C33H22O2. The Kier molecular flexibility index (Phi) is 5.32. The summed E-state index contributed by atoms with van der Waals surface area (Å²) in [4.78, 5) is 14.0. The van der Waals surface area contributed by atoms with Gasteiger partial charge >= 0.3 is 0 Å². The van der Waals surface area contributed by atoms with Crippen LogP contribution in [0.4, 0.5) is 0 Å². The number of benzene rings is 4. The van der Waals surface area contributed by atoms with Crippen molar-refractivity contribution in [2.75, 3.05) is 0 Å². The van der Waals surface area contributed by atoms with E-state index in [2.05, 4.69) is 0 Å². The zero-order chi connectivity index (χ0) is 23.6. The summed E-state index contributed by atoms with van der Waals surface area (Å²) in [6.45, 7) is 0. The number of fused-ring (bicyclic) bond motifs is 1. The first kappa shape index (κ1) is 20.9. The fourth-order valence-electron chi connectivity index (χ4n) is 4.58. The summed E-state index contributed by atoms with van der Waals surface area (Å²) in [6.07, 6.45) is 0. The maximum atomic E-state index is 14.0. The Hall–Kier alpha value is -4.69. The molecule has 5 aromatic carbocycles. The highest BCUT2D eigenvalue weighted by Gasteiger charge is 2.20. The van der Waals surface area contributed by atoms with Gasteiger partial charge in [0.2, 0.25) is 0 Å². The van der Waals surface area contributed by atoms with E-state index >= 15 is 0 Å². The molecule has 2 nitrogen and oxygen atoms in total. The Balaban J connectivity index is 1.79. The van der Waals surface area contributed by atoms with Crippen LogP contribution >= 0.6 is 0 Å². The van der Waals surface area contributed by atoms with Crippen molar-refractivity contribution in [3.63, 3.8) is 0 Å². The van der Waals surface area contributed by atoms with E-state index < -0.39 is 0 Å². The minimum Gasteiger partial charge on any atom is -0.455 e. The largest absolute Gasteiger partial charge is 0.455 e. The highest BCUT2D eigenvalue weighted by atomic mass is 16.3. The SMILES string of the molecule is O=c1c(-c2ccccc2)cc2c(-c3ccccc3)oc(-c3ccccc3)c2cc1-c1ccccc1. The molecule has 0 spiro atoms. The molecule has 2 heteroatoms. The molecule has 0 atom stereocenters. The van der Waals surface area contributed by atoms with Gasteiger partial charge in [0.1, 0.15) is 11.5 Å². The molecule has 0 unspecified atom stereocenters. The lowest BCUT2D eigenvalue weighted by atomic mass is 10.0. The van der Waals surface area contributed by atoms with E-state index in [0.29, 0.717) is 11.1 Å². The fraction of sp³-hybridized carbons (Fsp3) is 0. The summed E-state index contributed by atoms with van der Waals surface area (Å²) in [5.41, 5.74) is 5.00. The van der Waals surface area contributed by atoms with Crippen LogP contribution in [0.2, 0.25) is 0 Å². The van der Waals surface area contributed by atoms with Gasteiger partial charge in [-0.05, 0) is 23.3 Å². The highest BCUT2D eigenvalue weighted by molar-refractivity contribution is 6.05. The van der Waals surface area contributed by atoms with E-state index in [9.17, 15) is 4.79 Å². The third-order valence-electron chi connectivity index (χ3n) is 6.29. The molecule has 0 saturated heterocycles. The quantitative estimate of drug-likeness (QED) is 0.270. The molecule has 35 heavy (non-hydrogen) atoms. The van der Waals surface area contributed by atoms with Gasteiger partial charge < -0.3 is 4.42 Å². The van der Waals surface area contributed by atoms with Crippen LogP contribution in [-0.2, 0) is 0 Å². The van der Waals surface area contributed by atoms with Crippen LogP contribution < -0.4 is 5.43 Å². The predicted molar refractivity (Wildman–Crippen MR) is 144 cm³/mol. The van der Waals surface area contributed by atoms with Crippen molar-refractivity contribution in [1.82, 2.24) is 0 Å². The lowest BCUT2D eigenvalue weighted by molar-refractivity contribution is 0.602. The molecule has 0 fully saturated rings. The molecule has 0 saturated carbocycles. The third-order valence-corrected chi connectivity index (χ3v) is 6.29. The first-order chi connectivity index (χ1) is 17.3. The van der Waals surface area contributed by atoms with Crippen LogP contribution in [0.3, 0.4) is 0 Å². The molecule has 0 aliphatic rings. The summed E-state index contributed by atoms with van der Waals surface area (Å²) in [7, 11) is 0. The van der Waals surface area contributed by atoms with Gasteiger partial charge in [0.05, 0.1) is 0 Å². The third kappa shape index (κ3) is 3.85. The molecule has 0 N–H and O–H groups in total. The molecule has 6 rings (SSSR count). The average Bonchev–Trinajstić information content (AvgIpc) is 3.22. The van der Waals surface area contributed by atoms with Gasteiger partial charge in [0.25, 0.3) is 0 Å². The topological polar surface area (TPSA) is 30.2 Å². The van der Waals surface area contributed by atoms with Crippen molar-refractivity contribution in [2.24, 2.45) is 0 Å². The van der Waals surface area contributed by atoms with Gasteiger partial charge in [-0.3, -0.25) is 4.79 Å². The van der Waals surface area contributed by atoms with Gasteiger partial charge in [-0.2, -0.15) is 0 Å². The van der Waals surface area contributed by atoms with Crippen LogP contribution in [0, 0.1) is 0 Å². The van der Waals surface area contributed by atoms with Gasteiger partial charge in [0.15, 0.2) is 5.43 Å². The van der Waals surface area contributed by atoms with Crippen molar-refractivity contribution >= 4 is 10.8 Å².